The predicted molar refractivity (Wildman–Crippen MR) is 49.9 cm³/mol. The maximum atomic E-state index is 9.44. The summed E-state index contributed by atoms with van der Waals surface area (Å²) < 4.78 is 5.86. The molecule has 0 saturated carbocycles. The van der Waals surface area contributed by atoms with E-state index in [2.05, 4.69) is 6.58 Å². The van der Waals surface area contributed by atoms with Gasteiger partial charge in [-0.2, -0.15) is 0 Å². The van der Waals surface area contributed by atoms with Gasteiger partial charge in [-0.1, -0.05) is 6.08 Å². The van der Waals surface area contributed by atoms with Gasteiger partial charge in [0.15, 0.2) is 0 Å². The van der Waals surface area contributed by atoms with Gasteiger partial charge in [-0.25, -0.2) is 0 Å². The molecular weight excluding hydrogens is 154 g/mol. The summed E-state index contributed by atoms with van der Waals surface area (Å²) in [6, 6.07) is 0. The molecule has 0 fully saturated rings. The highest BCUT2D eigenvalue weighted by atomic mass is 16.5. The zero-order chi connectivity index (χ0) is 9.61. The number of nitrogens with zero attached hydrogens (tertiary/aromatic N) is 1. The van der Waals surface area contributed by atoms with Gasteiger partial charge in [0.25, 0.3) is 0 Å². The molecule has 3 nitrogen and oxygen atoms in total. The van der Waals surface area contributed by atoms with Gasteiger partial charge in [0.2, 0.25) is 0 Å². The molecule has 0 rings (SSSR count). The van der Waals surface area contributed by atoms with Crippen LogP contribution in [0.5, 0.6) is 0 Å². The lowest BCUT2D eigenvalue weighted by Crippen LogP contribution is -2.42. The number of likely N-dealkylation sites (N-methyl/N-ethyl adjacent to an activating group) is 1. The molecule has 1 N–H and O–H groups in total. The van der Waals surface area contributed by atoms with Gasteiger partial charge in [-0.05, 0) is 0 Å². The van der Waals surface area contributed by atoms with E-state index >= 15 is 0 Å². The van der Waals surface area contributed by atoms with Crippen molar-refractivity contribution < 1.29 is 14.3 Å². The Bertz CT molecular complexity index is 129. The summed E-state index contributed by atoms with van der Waals surface area (Å²) in [6.45, 7) is 5.13. The van der Waals surface area contributed by atoms with Gasteiger partial charge in [0.05, 0.1) is 34.4 Å². The first-order valence-electron chi connectivity index (χ1n) is 4.13. The molecule has 0 aliphatic rings. The van der Waals surface area contributed by atoms with Gasteiger partial charge in [-0.15, -0.1) is 6.58 Å². The standard InChI is InChI=1S/C9H20NO2/c1-5-6-12-8-9(11)7-10(2,3)4/h5,9,11H,1,6-8H2,2-4H3/q+1. The molecule has 0 aromatic heterocycles. The zero-order valence-electron chi connectivity index (χ0n) is 8.29. The molecule has 0 aromatic carbocycles. The summed E-state index contributed by atoms with van der Waals surface area (Å²) in [5, 5.41) is 9.44. The molecular formula is C9H20NO2+. The second kappa shape index (κ2) is 5.30. The van der Waals surface area contributed by atoms with Crippen LogP contribution in [-0.4, -0.2) is 56.6 Å². The fourth-order valence-electron chi connectivity index (χ4n) is 0.972. The van der Waals surface area contributed by atoms with Crippen LogP contribution >= 0.6 is 0 Å². The Morgan fingerprint density at radius 2 is 2.08 bits per heavy atom. The van der Waals surface area contributed by atoms with Gasteiger partial charge in [0.1, 0.15) is 12.6 Å². The van der Waals surface area contributed by atoms with E-state index in [-0.39, 0.29) is 6.10 Å². The molecule has 0 aliphatic carbocycles. The van der Waals surface area contributed by atoms with Crippen molar-refractivity contribution in [2.75, 3.05) is 40.9 Å². The largest absolute Gasteiger partial charge is 0.385 e. The minimum Gasteiger partial charge on any atom is -0.385 e. The Morgan fingerprint density at radius 3 is 2.50 bits per heavy atom. The summed E-state index contributed by atoms with van der Waals surface area (Å²) >= 11 is 0. The number of aliphatic hydroxyl groups excluding tert-OH is 1. The molecule has 0 spiro atoms. The van der Waals surface area contributed by atoms with Crippen molar-refractivity contribution in [1.29, 1.82) is 0 Å². The van der Waals surface area contributed by atoms with Crippen LogP contribution in [0.4, 0.5) is 0 Å². The Hall–Kier alpha value is -0.380. The summed E-state index contributed by atoms with van der Waals surface area (Å²) in [4.78, 5) is 0. The Labute approximate surface area is 74.8 Å². The lowest BCUT2D eigenvalue weighted by atomic mass is 10.3. The lowest BCUT2D eigenvalue weighted by Gasteiger charge is -2.26. The van der Waals surface area contributed by atoms with Crippen molar-refractivity contribution in [2.45, 2.75) is 6.10 Å². The van der Waals surface area contributed by atoms with Crippen molar-refractivity contribution >= 4 is 0 Å². The predicted octanol–water partition coefficient (Wildman–Crippen LogP) is 0.256. The number of rotatable bonds is 6. The summed E-state index contributed by atoms with van der Waals surface area (Å²) in [6.07, 6.45) is 1.29. The van der Waals surface area contributed by atoms with E-state index in [9.17, 15) is 5.11 Å². The second-order valence-electron chi connectivity index (χ2n) is 3.95. The van der Waals surface area contributed by atoms with Gasteiger partial charge in [0, 0.05) is 0 Å². The highest BCUT2D eigenvalue weighted by Crippen LogP contribution is 1.95. The maximum absolute atomic E-state index is 9.44. The van der Waals surface area contributed by atoms with Crippen LogP contribution in [0.2, 0.25) is 0 Å². The smallest absolute Gasteiger partial charge is 0.126 e. The number of hydrogen-bond donors (Lipinski definition) is 1. The van der Waals surface area contributed by atoms with E-state index in [1.165, 1.54) is 0 Å². The number of quaternary nitrogens is 1. The second-order valence-corrected chi connectivity index (χ2v) is 3.95. The van der Waals surface area contributed by atoms with E-state index in [0.29, 0.717) is 19.8 Å². The third-order valence-electron chi connectivity index (χ3n) is 1.30. The highest BCUT2D eigenvalue weighted by Gasteiger charge is 2.14. The summed E-state index contributed by atoms with van der Waals surface area (Å²) in [7, 11) is 6.12. The fourth-order valence-corrected chi connectivity index (χ4v) is 0.972. The average molecular weight is 174 g/mol. The molecule has 12 heavy (non-hydrogen) atoms. The molecule has 1 atom stereocenters. The van der Waals surface area contributed by atoms with Crippen LogP contribution in [-0.2, 0) is 4.74 Å². The molecule has 0 amide bonds. The lowest BCUT2D eigenvalue weighted by molar-refractivity contribution is -0.873. The van der Waals surface area contributed by atoms with Crippen molar-refractivity contribution in [3.05, 3.63) is 12.7 Å². The molecule has 1 unspecified atom stereocenters. The fraction of sp³-hybridized carbons (Fsp3) is 0.778. The quantitative estimate of drug-likeness (QED) is 0.355. The maximum Gasteiger partial charge on any atom is 0.126 e. The van der Waals surface area contributed by atoms with Crippen LogP contribution in [0.25, 0.3) is 0 Å². The third kappa shape index (κ3) is 7.72. The van der Waals surface area contributed by atoms with Crippen LogP contribution in [0.15, 0.2) is 12.7 Å². The molecule has 0 radical (unpaired) electrons. The molecule has 0 saturated heterocycles. The Morgan fingerprint density at radius 1 is 1.50 bits per heavy atom. The summed E-state index contributed by atoms with van der Waals surface area (Å²) in [5.41, 5.74) is 0. The molecule has 0 heterocycles. The number of hydrogen-bond acceptors (Lipinski definition) is 2. The Balaban J connectivity index is 3.46. The topological polar surface area (TPSA) is 29.5 Å². The normalized spacial score (nSPS) is 14.3. The first-order chi connectivity index (χ1) is 5.45. The summed E-state index contributed by atoms with van der Waals surface area (Å²) in [5.74, 6) is 0. The van der Waals surface area contributed by atoms with E-state index in [0.717, 1.165) is 4.48 Å². The van der Waals surface area contributed by atoms with E-state index in [1.54, 1.807) is 6.08 Å². The van der Waals surface area contributed by atoms with Crippen LogP contribution in [0.3, 0.4) is 0 Å². The zero-order valence-corrected chi connectivity index (χ0v) is 8.29. The average Bonchev–Trinajstić information content (AvgIpc) is 1.84. The first kappa shape index (κ1) is 11.6. The molecule has 0 aromatic rings. The third-order valence-corrected chi connectivity index (χ3v) is 1.30. The van der Waals surface area contributed by atoms with Crippen molar-refractivity contribution in [3.8, 4) is 0 Å². The minimum absolute atomic E-state index is 0.384. The van der Waals surface area contributed by atoms with E-state index in [4.69, 9.17) is 4.74 Å². The minimum atomic E-state index is -0.384. The molecule has 0 aliphatic heterocycles. The number of aliphatic hydroxyl groups is 1. The molecule has 0 bridgehead atoms. The van der Waals surface area contributed by atoms with Gasteiger partial charge in [-0.3, -0.25) is 0 Å². The van der Waals surface area contributed by atoms with E-state index < -0.39 is 0 Å². The highest BCUT2D eigenvalue weighted by molar-refractivity contribution is 4.64. The molecule has 3 heteroatoms. The van der Waals surface area contributed by atoms with Crippen LogP contribution in [0.1, 0.15) is 0 Å². The number of ether oxygens (including phenoxy) is 1. The SMILES string of the molecule is C=CCOCC(O)C[N+](C)(C)C. The van der Waals surface area contributed by atoms with E-state index in [1.807, 2.05) is 21.1 Å². The van der Waals surface area contributed by atoms with Crippen molar-refractivity contribution in [3.63, 3.8) is 0 Å². The molecule has 72 valence electrons. The Kier molecular flexibility index (Phi) is 5.13. The first-order valence-corrected chi connectivity index (χ1v) is 4.13. The van der Waals surface area contributed by atoms with Gasteiger partial charge < -0.3 is 14.3 Å². The van der Waals surface area contributed by atoms with Crippen LogP contribution < -0.4 is 0 Å². The van der Waals surface area contributed by atoms with Gasteiger partial charge >= 0.3 is 0 Å². The monoisotopic (exact) mass is 174 g/mol. The van der Waals surface area contributed by atoms with Crippen molar-refractivity contribution in [1.82, 2.24) is 0 Å². The van der Waals surface area contributed by atoms with Crippen molar-refractivity contribution in [2.24, 2.45) is 0 Å². The van der Waals surface area contributed by atoms with Crippen LogP contribution in [0, 0.1) is 0 Å².